The molecule has 116 valence electrons. The average Bonchev–Trinajstić information content (AvgIpc) is 3.32. The van der Waals surface area contributed by atoms with Crippen molar-refractivity contribution in [1.82, 2.24) is 4.98 Å². The quantitative estimate of drug-likeness (QED) is 0.841. The van der Waals surface area contributed by atoms with E-state index >= 15 is 0 Å². The molecule has 0 spiro atoms. The molecular weight excluding hydrogens is 262 g/mol. The molecule has 2 aliphatic carbocycles. The maximum atomic E-state index is 5.99. The molecule has 0 aromatic carbocycles. The molecule has 2 aliphatic rings. The van der Waals surface area contributed by atoms with Gasteiger partial charge in [0.25, 0.3) is 0 Å². The second-order valence-electron chi connectivity index (χ2n) is 6.57. The number of ether oxygens (including phenoxy) is 1. The molecule has 21 heavy (non-hydrogen) atoms. The monoisotopic (exact) mass is 289 g/mol. The Bertz CT molecular complexity index is 465. The van der Waals surface area contributed by atoms with Gasteiger partial charge in [0.05, 0.1) is 12.3 Å². The molecule has 1 aromatic rings. The van der Waals surface area contributed by atoms with E-state index in [2.05, 4.69) is 16.9 Å². The Kier molecular flexibility index (Phi) is 4.51. The molecular formula is C17H27N3O. The van der Waals surface area contributed by atoms with E-state index in [0.29, 0.717) is 17.6 Å². The van der Waals surface area contributed by atoms with Crippen molar-refractivity contribution in [2.24, 2.45) is 5.92 Å². The van der Waals surface area contributed by atoms with Crippen LogP contribution in [-0.2, 0) is 0 Å². The third-order valence-electron chi connectivity index (χ3n) is 4.76. The molecule has 0 bridgehead atoms. The van der Waals surface area contributed by atoms with E-state index in [-0.39, 0.29) is 0 Å². The second-order valence-corrected chi connectivity index (χ2v) is 6.57. The summed E-state index contributed by atoms with van der Waals surface area (Å²) in [5, 5.41) is 0. The zero-order chi connectivity index (χ0) is 14.7. The molecule has 0 aliphatic heterocycles. The number of aromatic nitrogens is 1. The van der Waals surface area contributed by atoms with E-state index in [9.17, 15) is 0 Å². The smallest absolute Gasteiger partial charge is 0.239 e. The van der Waals surface area contributed by atoms with Gasteiger partial charge in [-0.05, 0) is 43.7 Å². The number of nitrogens with zero attached hydrogens (tertiary/aromatic N) is 2. The summed E-state index contributed by atoms with van der Waals surface area (Å²) in [7, 11) is 2.15. The van der Waals surface area contributed by atoms with Crippen LogP contribution in [-0.4, -0.2) is 24.7 Å². The first kappa shape index (κ1) is 14.5. The third-order valence-corrected chi connectivity index (χ3v) is 4.76. The fourth-order valence-corrected chi connectivity index (χ4v) is 3.07. The maximum absolute atomic E-state index is 5.99. The van der Waals surface area contributed by atoms with Crippen LogP contribution in [0.15, 0.2) is 12.1 Å². The van der Waals surface area contributed by atoms with Crippen LogP contribution >= 0.6 is 0 Å². The second kappa shape index (κ2) is 6.54. The number of nitrogen functional groups attached to an aromatic ring is 1. The summed E-state index contributed by atoms with van der Waals surface area (Å²) in [5.41, 5.74) is 6.64. The molecule has 3 rings (SSSR count). The summed E-state index contributed by atoms with van der Waals surface area (Å²) in [5.74, 6) is 2.32. The van der Waals surface area contributed by atoms with Gasteiger partial charge in [-0.2, -0.15) is 4.98 Å². The van der Waals surface area contributed by atoms with Crippen molar-refractivity contribution in [3.63, 3.8) is 0 Å². The molecule has 0 saturated heterocycles. The Morgan fingerprint density at radius 1 is 1.14 bits per heavy atom. The van der Waals surface area contributed by atoms with Gasteiger partial charge in [0, 0.05) is 13.1 Å². The highest BCUT2D eigenvalue weighted by molar-refractivity contribution is 5.54. The van der Waals surface area contributed by atoms with Crippen molar-refractivity contribution >= 4 is 11.5 Å². The Morgan fingerprint density at radius 2 is 1.86 bits per heavy atom. The molecule has 2 N–H and O–H groups in total. The van der Waals surface area contributed by atoms with Crippen LogP contribution in [0.25, 0.3) is 0 Å². The minimum Gasteiger partial charge on any atom is -0.476 e. The standard InChI is InChI=1S/C17H27N3O/c1-20(14-6-4-2-3-5-7-14)16-11-10-15(18)17(19-16)21-12-13-8-9-13/h10-11,13-14H,2-9,12,18H2,1H3. The van der Waals surface area contributed by atoms with E-state index in [1.807, 2.05) is 12.1 Å². The van der Waals surface area contributed by atoms with Gasteiger partial charge < -0.3 is 15.4 Å². The zero-order valence-electron chi connectivity index (χ0n) is 13.1. The lowest BCUT2D eigenvalue weighted by molar-refractivity contribution is 0.290. The molecule has 2 fully saturated rings. The fourth-order valence-electron chi connectivity index (χ4n) is 3.07. The Balaban J connectivity index is 1.68. The Morgan fingerprint density at radius 3 is 2.52 bits per heavy atom. The van der Waals surface area contributed by atoms with Gasteiger partial charge in [-0.25, -0.2) is 0 Å². The number of hydrogen-bond acceptors (Lipinski definition) is 4. The first-order valence-electron chi connectivity index (χ1n) is 8.36. The minimum atomic E-state index is 0.597. The topological polar surface area (TPSA) is 51.4 Å². The minimum absolute atomic E-state index is 0.597. The Labute approximate surface area is 127 Å². The van der Waals surface area contributed by atoms with Crippen molar-refractivity contribution in [2.45, 2.75) is 57.4 Å². The molecule has 0 atom stereocenters. The van der Waals surface area contributed by atoms with Gasteiger partial charge in [-0.15, -0.1) is 0 Å². The highest BCUT2D eigenvalue weighted by Crippen LogP contribution is 2.32. The van der Waals surface area contributed by atoms with Gasteiger partial charge in [-0.1, -0.05) is 25.7 Å². The summed E-state index contributed by atoms with van der Waals surface area (Å²) in [6, 6.07) is 4.54. The number of hydrogen-bond donors (Lipinski definition) is 1. The normalized spacial score (nSPS) is 20.0. The van der Waals surface area contributed by atoms with Crippen molar-refractivity contribution in [1.29, 1.82) is 0 Å². The summed E-state index contributed by atoms with van der Waals surface area (Å²) < 4.78 is 5.80. The van der Waals surface area contributed by atoms with Crippen LogP contribution < -0.4 is 15.4 Å². The van der Waals surface area contributed by atoms with Gasteiger partial charge >= 0.3 is 0 Å². The van der Waals surface area contributed by atoms with Crippen LogP contribution in [0.2, 0.25) is 0 Å². The largest absolute Gasteiger partial charge is 0.476 e. The van der Waals surface area contributed by atoms with E-state index in [4.69, 9.17) is 10.5 Å². The molecule has 2 saturated carbocycles. The van der Waals surface area contributed by atoms with E-state index in [1.54, 1.807) is 0 Å². The summed E-state index contributed by atoms with van der Waals surface area (Å²) in [4.78, 5) is 6.97. The molecule has 0 radical (unpaired) electrons. The Hall–Kier alpha value is -1.45. The first-order valence-corrected chi connectivity index (χ1v) is 8.36. The summed E-state index contributed by atoms with van der Waals surface area (Å²) >= 11 is 0. The number of rotatable bonds is 5. The van der Waals surface area contributed by atoms with Crippen molar-refractivity contribution < 1.29 is 4.74 Å². The maximum Gasteiger partial charge on any atom is 0.239 e. The van der Waals surface area contributed by atoms with Gasteiger partial charge in [0.2, 0.25) is 5.88 Å². The number of nitrogens with two attached hydrogens (primary N) is 1. The van der Waals surface area contributed by atoms with Gasteiger partial charge in [0.15, 0.2) is 0 Å². The lowest BCUT2D eigenvalue weighted by Crippen LogP contribution is -2.31. The average molecular weight is 289 g/mol. The van der Waals surface area contributed by atoms with Gasteiger partial charge in [0.1, 0.15) is 5.82 Å². The zero-order valence-corrected chi connectivity index (χ0v) is 13.1. The molecule has 1 aromatic heterocycles. The predicted octanol–water partition coefficient (Wildman–Crippen LogP) is 3.61. The molecule has 1 heterocycles. The predicted molar refractivity (Wildman–Crippen MR) is 86.8 cm³/mol. The lowest BCUT2D eigenvalue weighted by atomic mass is 10.1. The highest BCUT2D eigenvalue weighted by atomic mass is 16.5. The number of pyridine rings is 1. The van der Waals surface area contributed by atoms with Crippen LogP contribution in [0.3, 0.4) is 0 Å². The van der Waals surface area contributed by atoms with Crippen LogP contribution in [0.4, 0.5) is 11.5 Å². The summed E-state index contributed by atoms with van der Waals surface area (Å²) in [6.45, 7) is 0.758. The molecule has 4 nitrogen and oxygen atoms in total. The fraction of sp³-hybridized carbons (Fsp3) is 0.706. The van der Waals surface area contributed by atoms with Crippen LogP contribution in [0.5, 0.6) is 5.88 Å². The van der Waals surface area contributed by atoms with Gasteiger partial charge in [-0.3, -0.25) is 0 Å². The van der Waals surface area contributed by atoms with Crippen LogP contribution in [0, 0.1) is 5.92 Å². The van der Waals surface area contributed by atoms with Crippen LogP contribution in [0.1, 0.15) is 51.4 Å². The molecule has 4 heteroatoms. The van der Waals surface area contributed by atoms with E-state index < -0.39 is 0 Å². The van der Waals surface area contributed by atoms with Crippen molar-refractivity contribution in [3.05, 3.63) is 12.1 Å². The molecule has 0 amide bonds. The van der Waals surface area contributed by atoms with Crippen molar-refractivity contribution in [3.8, 4) is 5.88 Å². The lowest BCUT2D eigenvalue weighted by Gasteiger charge is -2.28. The van der Waals surface area contributed by atoms with Crippen molar-refractivity contribution in [2.75, 3.05) is 24.3 Å². The van der Waals surface area contributed by atoms with E-state index in [1.165, 1.54) is 51.4 Å². The van der Waals surface area contributed by atoms with E-state index in [0.717, 1.165) is 18.3 Å². The number of anilines is 2. The SMILES string of the molecule is CN(c1ccc(N)c(OCC2CC2)n1)C1CCCCCC1. The summed E-state index contributed by atoms with van der Waals surface area (Å²) in [6.07, 6.45) is 10.5. The first-order chi connectivity index (χ1) is 10.2. The highest BCUT2D eigenvalue weighted by Gasteiger charge is 2.23. The third kappa shape index (κ3) is 3.80. The molecule has 0 unspecified atom stereocenters.